The van der Waals surface area contributed by atoms with Crippen molar-refractivity contribution in [2.45, 2.75) is 19.8 Å². The van der Waals surface area contributed by atoms with Crippen LogP contribution in [0, 0.1) is 18.3 Å². The van der Waals surface area contributed by atoms with Crippen LogP contribution in [-0.4, -0.2) is 26.5 Å². The highest BCUT2D eigenvalue weighted by atomic mass is 32.2. The monoisotopic (exact) mass is 267 g/mol. The molecule has 0 spiro atoms. The van der Waals surface area contributed by atoms with Gasteiger partial charge in [-0.05, 0) is 31.0 Å². The van der Waals surface area contributed by atoms with E-state index in [1.165, 1.54) is 0 Å². The van der Waals surface area contributed by atoms with Crippen molar-refractivity contribution in [3.8, 4) is 11.8 Å². The van der Waals surface area contributed by atoms with Crippen LogP contribution in [0.2, 0.25) is 0 Å². The molecule has 0 unspecified atom stereocenters. The minimum atomic E-state index is -3.11. The van der Waals surface area contributed by atoms with Gasteiger partial charge in [0.15, 0.2) is 9.84 Å². The molecule has 0 aliphatic carbocycles. The fraction of sp³-hybridized carbons (Fsp3) is 0.462. The number of sulfone groups is 1. The molecule has 0 fully saturated rings. The average Bonchev–Trinajstić information content (AvgIpc) is 2.32. The van der Waals surface area contributed by atoms with Crippen LogP contribution in [0.15, 0.2) is 24.3 Å². The maximum absolute atomic E-state index is 11.4. The number of nitriles is 1. The molecule has 0 aliphatic rings. The first-order valence-corrected chi connectivity index (χ1v) is 7.62. The number of hydrogen-bond donors (Lipinski definition) is 0. The fourth-order valence-corrected chi connectivity index (χ4v) is 2.64. The third-order valence-corrected chi connectivity index (χ3v) is 4.12. The first-order chi connectivity index (χ1) is 8.53. The van der Waals surface area contributed by atoms with E-state index in [1.54, 1.807) is 0 Å². The normalized spacial score (nSPS) is 10.9. The predicted octanol–water partition coefficient (Wildman–Crippen LogP) is 2.09. The molecule has 1 rings (SSSR count). The average molecular weight is 267 g/mol. The van der Waals surface area contributed by atoms with Crippen molar-refractivity contribution in [1.82, 2.24) is 0 Å². The molecule has 0 amide bonds. The highest BCUT2D eigenvalue weighted by molar-refractivity contribution is 7.91. The molecular formula is C13H17NO3S. The molecule has 1 aromatic carbocycles. The van der Waals surface area contributed by atoms with Crippen LogP contribution >= 0.6 is 0 Å². The van der Waals surface area contributed by atoms with Gasteiger partial charge in [-0.15, -0.1) is 0 Å². The van der Waals surface area contributed by atoms with Crippen LogP contribution in [0.4, 0.5) is 0 Å². The quantitative estimate of drug-likeness (QED) is 0.709. The van der Waals surface area contributed by atoms with Crippen LogP contribution < -0.4 is 4.74 Å². The van der Waals surface area contributed by atoms with Gasteiger partial charge in [-0.2, -0.15) is 5.26 Å². The largest absolute Gasteiger partial charge is 0.494 e. The summed E-state index contributed by atoms with van der Waals surface area (Å²) in [5.74, 6) is 0.762. The Bertz CT molecular complexity index is 517. The van der Waals surface area contributed by atoms with Gasteiger partial charge in [0.1, 0.15) is 5.75 Å². The third-order valence-electron chi connectivity index (χ3n) is 2.38. The van der Waals surface area contributed by atoms with Crippen LogP contribution in [0.3, 0.4) is 0 Å². The Morgan fingerprint density at radius 3 is 2.78 bits per heavy atom. The number of ether oxygens (including phenoxy) is 1. The third kappa shape index (κ3) is 5.69. The van der Waals surface area contributed by atoms with Crippen molar-refractivity contribution < 1.29 is 13.2 Å². The maximum atomic E-state index is 11.4. The summed E-state index contributed by atoms with van der Waals surface area (Å²) in [6.45, 7) is 2.34. The van der Waals surface area contributed by atoms with E-state index >= 15 is 0 Å². The zero-order valence-electron chi connectivity index (χ0n) is 10.4. The first-order valence-electron chi connectivity index (χ1n) is 5.80. The number of hydrogen-bond acceptors (Lipinski definition) is 4. The molecule has 0 heterocycles. The Kier molecular flexibility index (Phi) is 5.66. The van der Waals surface area contributed by atoms with Gasteiger partial charge < -0.3 is 4.74 Å². The minimum Gasteiger partial charge on any atom is -0.494 e. The topological polar surface area (TPSA) is 67.2 Å². The zero-order chi connectivity index (χ0) is 13.4. The Morgan fingerprint density at radius 1 is 1.33 bits per heavy atom. The van der Waals surface area contributed by atoms with E-state index in [0.717, 1.165) is 11.3 Å². The maximum Gasteiger partial charge on any atom is 0.151 e. The lowest BCUT2D eigenvalue weighted by molar-refractivity contribution is 0.317. The van der Waals surface area contributed by atoms with Crippen molar-refractivity contribution >= 4 is 9.84 Å². The van der Waals surface area contributed by atoms with E-state index in [0.29, 0.717) is 13.0 Å². The van der Waals surface area contributed by atoms with Crippen molar-refractivity contribution in [3.63, 3.8) is 0 Å². The Labute approximate surface area is 108 Å². The van der Waals surface area contributed by atoms with Crippen LogP contribution in [0.5, 0.6) is 5.75 Å². The fourth-order valence-electron chi connectivity index (χ4n) is 1.48. The van der Waals surface area contributed by atoms with E-state index in [4.69, 9.17) is 10.00 Å². The highest BCUT2D eigenvalue weighted by Gasteiger charge is 2.09. The molecule has 18 heavy (non-hydrogen) atoms. The Hall–Kier alpha value is -1.54. The molecule has 4 nitrogen and oxygen atoms in total. The zero-order valence-corrected chi connectivity index (χ0v) is 11.2. The summed E-state index contributed by atoms with van der Waals surface area (Å²) in [7, 11) is -3.11. The van der Waals surface area contributed by atoms with Crippen LogP contribution in [0.1, 0.15) is 18.4 Å². The first kappa shape index (κ1) is 14.5. The summed E-state index contributed by atoms with van der Waals surface area (Å²) < 4.78 is 28.4. The lowest BCUT2D eigenvalue weighted by atomic mass is 10.2. The molecule has 0 radical (unpaired) electrons. The van der Waals surface area contributed by atoms with Crippen molar-refractivity contribution in [1.29, 1.82) is 5.26 Å². The van der Waals surface area contributed by atoms with Gasteiger partial charge >= 0.3 is 0 Å². The van der Waals surface area contributed by atoms with E-state index in [9.17, 15) is 8.42 Å². The molecule has 0 aliphatic heterocycles. The molecule has 0 atom stereocenters. The minimum absolute atomic E-state index is 0.0566. The summed E-state index contributed by atoms with van der Waals surface area (Å²) in [4.78, 5) is 0. The van der Waals surface area contributed by atoms with E-state index in [-0.39, 0.29) is 17.9 Å². The van der Waals surface area contributed by atoms with E-state index < -0.39 is 9.84 Å². The SMILES string of the molecule is Cc1cccc(OCCCS(=O)(=O)CCC#N)c1. The Balaban J connectivity index is 2.29. The van der Waals surface area contributed by atoms with Crippen molar-refractivity contribution in [2.75, 3.05) is 18.1 Å². The second-order valence-corrected chi connectivity index (χ2v) is 6.38. The predicted molar refractivity (Wildman–Crippen MR) is 70.2 cm³/mol. The van der Waals surface area contributed by atoms with Gasteiger partial charge in [0.2, 0.25) is 0 Å². The lowest BCUT2D eigenvalue weighted by Gasteiger charge is -2.06. The van der Waals surface area contributed by atoms with E-state index in [2.05, 4.69) is 0 Å². The van der Waals surface area contributed by atoms with Gasteiger partial charge in [-0.1, -0.05) is 12.1 Å². The molecule has 5 heteroatoms. The summed E-state index contributed by atoms with van der Waals surface area (Å²) >= 11 is 0. The standard InChI is InChI=1S/C13H17NO3S/c1-12-5-2-6-13(11-12)17-8-4-10-18(15,16)9-3-7-14/h2,5-6,11H,3-4,8-10H2,1H3. The number of nitrogens with zero attached hydrogens (tertiary/aromatic N) is 1. The molecule has 1 aromatic rings. The van der Waals surface area contributed by atoms with Crippen LogP contribution in [0.25, 0.3) is 0 Å². The van der Waals surface area contributed by atoms with Gasteiger partial charge in [0.05, 0.1) is 24.2 Å². The highest BCUT2D eigenvalue weighted by Crippen LogP contribution is 2.12. The summed E-state index contributed by atoms with van der Waals surface area (Å²) in [6.07, 6.45) is 0.503. The number of aryl methyl sites for hydroxylation is 1. The molecule has 0 saturated carbocycles. The summed E-state index contributed by atoms with van der Waals surface area (Å²) in [6, 6.07) is 9.46. The molecule has 0 bridgehead atoms. The summed E-state index contributed by atoms with van der Waals surface area (Å²) in [5.41, 5.74) is 1.11. The molecule has 0 saturated heterocycles. The lowest BCUT2D eigenvalue weighted by Crippen LogP contribution is -2.13. The second-order valence-electron chi connectivity index (χ2n) is 4.08. The van der Waals surface area contributed by atoms with Gasteiger partial charge in [-0.3, -0.25) is 0 Å². The van der Waals surface area contributed by atoms with Gasteiger partial charge in [0.25, 0.3) is 0 Å². The smallest absolute Gasteiger partial charge is 0.151 e. The van der Waals surface area contributed by atoms with Gasteiger partial charge in [-0.25, -0.2) is 8.42 Å². The number of rotatable bonds is 7. The summed E-state index contributed by atoms with van der Waals surface area (Å²) in [5, 5.41) is 8.34. The Morgan fingerprint density at radius 2 is 2.11 bits per heavy atom. The second kappa shape index (κ2) is 7.02. The number of benzene rings is 1. The van der Waals surface area contributed by atoms with E-state index in [1.807, 2.05) is 37.3 Å². The van der Waals surface area contributed by atoms with Crippen LogP contribution in [-0.2, 0) is 9.84 Å². The van der Waals surface area contributed by atoms with Gasteiger partial charge in [0, 0.05) is 6.42 Å². The van der Waals surface area contributed by atoms with Crippen molar-refractivity contribution in [2.24, 2.45) is 0 Å². The molecule has 0 N–H and O–H groups in total. The van der Waals surface area contributed by atoms with Crippen molar-refractivity contribution in [3.05, 3.63) is 29.8 Å². The molecule has 0 aromatic heterocycles. The molecule has 98 valence electrons. The molecular weight excluding hydrogens is 250 g/mol.